The Kier molecular flexibility index (Phi) is 4.43. The Balaban J connectivity index is 2.15. The number of aromatic nitrogens is 1. The molecule has 112 valence electrons. The van der Waals surface area contributed by atoms with Crippen LogP contribution in [0.3, 0.4) is 0 Å². The Morgan fingerprint density at radius 1 is 1.40 bits per heavy atom. The Bertz CT molecular complexity index is 551. The van der Waals surface area contributed by atoms with Crippen LogP contribution in [0.25, 0.3) is 0 Å². The molecule has 0 atom stereocenters. The molecule has 6 nitrogen and oxygen atoms in total. The molecule has 0 aliphatic heterocycles. The number of nitrogens with zero attached hydrogens (tertiary/aromatic N) is 2. The highest BCUT2D eigenvalue weighted by Gasteiger charge is 2.35. The molecule has 1 saturated carbocycles. The van der Waals surface area contributed by atoms with Gasteiger partial charge in [0, 0.05) is 26.3 Å². The van der Waals surface area contributed by atoms with E-state index in [0.717, 1.165) is 12.8 Å². The van der Waals surface area contributed by atoms with E-state index in [-0.39, 0.29) is 18.0 Å². The fraction of sp³-hybridized carbons (Fsp3) is 0.615. The molecule has 1 aliphatic rings. The SMILES string of the molecule is CN(CC1(O)CCCC1)S(=O)(=O)c1ccc(CN)nc1. The first-order valence-corrected chi connectivity index (χ1v) is 8.15. The van der Waals surface area contributed by atoms with Crippen LogP contribution in [-0.4, -0.2) is 42.0 Å². The minimum absolute atomic E-state index is 0.119. The molecule has 0 radical (unpaired) electrons. The summed E-state index contributed by atoms with van der Waals surface area (Å²) in [5, 5.41) is 10.3. The van der Waals surface area contributed by atoms with Crippen molar-refractivity contribution in [1.29, 1.82) is 0 Å². The summed E-state index contributed by atoms with van der Waals surface area (Å²) in [4.78, 5) is 4.13. The fourth-order valence-electron chi connectivity index (χ4n) is 2.55. The highest BCUT2D eigenvalue weighted by Crippen LogP contribution is 2.31. The second-order valence-corrected chi connectivity index (χ2v) is 7.43. The van der Waals surface area contributed by atoms with E-state index in [9.17, 15) is 13.5 Å². The summed E-state index contributed by atoms with van der Waals surface area (Å²) in [6.07, 6.45) is 4.50. The number of rotatable bonds is 5. The Morgan fingerprint density at radius 3 is 2.55 bits per heavy atom. The third-order valence-corrected chi connectivity index (χ3v) is 5.55. The molecule has 0 unspecified atom stereocenters. The van der Waals surface area contributed by atoms with E-state index in [1.54, 1.807) is 6.07 Å². The van der Waals surface area contributed by atoms with E-state index >= 15 is 0 Å². The summed E-state index contributed by atoms with van der Waals surface area (Å²) < 4.78 is 26.0. The molecule has 0 amide bonds. The molecule has 2 rings (SSSR count). The number of aliphatic hydroxyl groups is 1. The van der Waals surface area contributed by atoms with Crippen LogP contribution < -0.4 is 5.73 Å². The van der Waals surface area contributed by atoms with Crippen molar-refractivity contribution >= 4 is 10.0 Å². The summed E-state index contributed by atoms with van der Waals surface area (Å²) in [6, 6.07) is 3.10. The lowest BCUT2D eigenvalue weighted by atomic mass is 10.0. The van der Waals surface area contributed by atoms with Gasteiger partial charge in [-0.05, 0) is 25.0 Å². The summed E-state index contributed by atoms with van der Waals surface area (Å²) in [5.41, 5.74) is 5.18. The molecule has 1 aromatic rings. The van der Waals surface area contributed by atoms with Crippen molar-refractivity contribution in [2.45, 2.75) is 42.7 Å². The molecule has 0 aromatic carbocycles. The van der Waals surface area contributed by atoms with E-state index in [2.05, 4.69) is 4.98 Å². The summed E-state index contributed by atoms with van der Waals surface area (Å²) in [6.45, 7) is 0.393. The summed E-state index contributed by atoms with van der Waals surface area (Å²) in [5.74, 6) is 0. The van der Waals surface area contributed by atoms with Crippen LogP contribution in [0.4, 0.5) is 0 Å². The van der Waals surface area contributed by atoms with Gasteiger partial charge < -0.3 is 10.8 Å². The second kappa shape index (κ2) is 5.77. The minimum atomic E-state index is -3.62. The third-order valence-electron chi connectivity index (χ3n) is 3.77. The first kappa shape index (κ1) is 15.4. The van der Waals surface area contributed by atoms with Gasteiger partial charge in [0.25, 0.3) is 0 Å². The van der Waals surface area contributed by atoms with Crippen molar-refractivity contribution in [3.05, 3.63) is 24.0 Å². The first-order valence-electron chi connectivity index (χ1n) is 6.71. The molecule has 20 heavy (non-hydrogen) atoms. The third kappa shape index (κ3) is 3.17. The van der Waals surface area contributed by atoms with Gasteiger partial charge in [-0.15, -0.1) is 0 Å². The topological polar surface area (TPSA) is 96.5 Å². The Hall–Kier alpha value is -1.02. The number of hydrogen-bond donors (Lipinski definition) is 2. The van der Waals surface area contributed by atoms with Gasteiger partial charge in [-0.25, -0.2) is 8.42 Å². The molecular formula is C13H21N3O3S. The highest BCUT2D eigenvalue weighted by molar-refractivity contribution is 7.89. The lowest BCUT2D eigenvalue weighted by molar-refractivity contribution is 0.0333. The molecular weight excluding hydrogens is 278 g/mol. The number of pyridine rings is 1. The summed E-state index contributed by atoms with van der Waals surface area (Å²) >= 11 is 0. The molecule has 0 saturated heterocycles. The number of hydrogen-bond acceptors (Lipinski definition) is 5. The zero-order valence-electron chi connectivity index (χ0n) is 11.6. The van der Waals surface area contributed by atoms with Crippen molar-refractivity contribution in [2.75, 3.05) is 13.6 Å². The second-order valence-electron chi connectivity index (χ2n) is 5.38. The quantitative estimate of drug-likeness (QED) is 0.823. The van der Waals surface area contributed by atoms with E-state index in [1.165, 1.54) is 23.6 Å². The van der Waals surface area contributed by atoms with Crippen LogP contribution in [0.15, 0.2) is 23.2 Å². The number of sulfonamides is 1. The van der Waals surface area contributed by atoms with Gasteiger partial charge >= 0.3 is 0 Å². The zero-order valence-corrected chi connectivity index (χ0v) is 12.4. The van der Waals surface area contributed by atoms with Crippen LogP contribution in [0.1, 0.15) is 31.4 Å². The van der Waals surface area contributed by atoms with Gasteiger partial charge in [0.15, 0.2) is 0 Å². The normalized spacial score (nSPS) is 18.6. The van der Waals surface area contributed by atoms with Gasteiger partial charge in [0.2, 0.25) is 10.0 Å². The van der Waals surface area contributed by atoms with Crippen LogP contribution in [0.2, 0.25) is 0 Å². The monoisotopic (exact) mass is 299 g/mol. The molecule has 7 heteroatoms. The molecule has 0 bridgehead atoms. The van der Waals surface area contributed by atoms with Gasteiger partial charge in [-0.2, -0.15) is 4.31 Å². The van der Waals surface area contributed by atoms with Gasteiger partial charge in [0.05, 0.1) is 11.3 Å². The molecule has 1 heterocycles. The van der Waals surface area contributed by atoms with Gasteiger partial charge in [-0.3, -0.25) is 4.98 Å². The average Bonchev–Trinajstić information content (AvgIpc) is 2.85. The van der Waals surface area contributed by atoms with E-state index in [1.807, 2.05) is 0 Å². The predicted molar refractivity (Wildman–Crippen MR) is 75.4 cm³/mol. The van der Waals surface area contributed by atoms with Crippen LogP contribution in [0.5, 0.6) is 0 Å². The van der Waals surface area contributed by atoms with E-state index < -0.39 is 15.6 Å². The van der Waals surface area contributed by atoms with Crippen LogP contribution >= 0.6 is 0 Å². The van der Waals surface area contributed by atoms with Gasteiger partial charge in [0.1, 0.15) is 4.90 Å². The standard InChI is InChI=1S/C13H21N3O3S/c1-16(10-13(17)6-2-3-7-13)20(18,19)12-5-4-11(8-14)15-9-12/h4-5,9,17H,2-3,6-8,10,14H2,1H3. The van der Waals surface area contributed by atoms with Crippen molar-refractivity contribution in [3.8, 4) is 0 Å². The molecule has 0 spiro atoms. The number of likely N-dealkylation sites (N-methyl/N-ethyl adjacent to an activating group) is 1. The first-order chi connectivity index (χ1) is 9.37. The van der Waals surface area contributed by atoms with Crippen LogP contribution in [-0.2, 0) is 16.6 Å². The van der Waals surface area contributed by atoms with E-state index in [4.69, 9.17) is 5.73 Å². The maximum atomic E-state index is 12.4. The predicted octanol–water partition coefficient (Wildman–Crippen LogP) is 0.466. The maximum absolute atomic E-state index is 12.4. The van der Waals surface area contributed by atoms with Crippen LogP contribution in [0, 0.1) is 0 Å². The molecule has 1 aromatic heterocycles. The fourth-order valence-corrected chi connectivity index (χ4v) is 3.75. The van der Waals surface area contributed by atoms with Gasteiger partial charge in [-0.1, -0.05) is 12.8 Å². The lowest BCUT2D eigenvalue weighted by Crippen LogP contribution is -2.42. The smallest absolute Gasteiger partial charge is 0.244 e. The Labute approximate surface area is 119 Å². The zero-order chi connectivity index (χ0) is 14.8. The van der Waals surface area contributed by atoms with Crippen molar-refractivity contribution in [2.24, 2.45) is 5.73 Å². The Morgan fingerprint density at radius 2 is 2.05 bits per heavy atom. The van der Waals surface area contributed by atoms with Crippen molar-refractivity contribution in [1.82, 2.24) is 9.29 Å². The number of nitrogens with two attached hydrogens (primary N) is 1. The summed E-state index contributed by atoms with van der Waals surface area (Å²) in [7, 11) is -2.13. The molecule has 1 aliphatic carbocycles. The van der Waals surface area contributed by atoms with Crippen molar-refractivity contribution < 1.29 is 13.5 Å². The largest absolute Gasteiger partial charge is 0.389 e. The minimum Gasteiger partial charge on any atom is -0.389 e. The molecule has 3 N–H and O–H groups in total. The van der Waals surface area contributed by atoms with E-state index in [0.29, 0.717) is 18.5 Å². The lowest BCUT2D eigenvalue weighted by Gasteiger charge is -2.28. The molecule has 1 fully saturated rings. The average molecular weight is 299 g/mol. The maximum Gasteiger partial charge on any atom is 0.244 e. The highest BCUT2D eigenvalue weighted by atomic mass is 32.2. The van der Waals surface area contributed by atoms with Crippen molar-refractivity contribution in [3.63, 3.8) is 0 Å².